The highest BCUT2D eigenvalue weighted by molar-refractivity contribution is 7.11. The quantitative estimate of drug-likeness (QED) is 0.489. The van der Waals surface area contributed by atoms with Crippen LogP contribution >= 0.6 is 11.3 Å². The molecule has 0 saturated carbocycles. The van der Waals surface area contributed by atoms with E-state index in [9.17, 15) is 9.18 Å². The third-order valence-corrected chi connectivity index (χ3v) is 6.18. The van der Waals surface area contributed by atoms with Crippen molar-refractivity contribution < 1.29 is 18.7 Å². The van der Waals surface area contributed by atoms with Crippen molar-refractivity contribution in [3.8, 4) is 22.6 Å². The van der Waals surface area contributed by atoms with E-state index < -0.39 is 0 Å². The minimum atomic E-state index is -0.300. The van der Waals surface area contributed by atoms with Crippen molar-refractivity contribution in [1.29, 1.82) is 0 Å². The van der Waals surface area contributed by atoms with Crippen molar-refractivity contribution in [2.45, 2.75) is 32.6 Å². The Labute approximate surface area is 179 Å². The van der Waals surface area contributed by atoms with Gasteiger partial charge in [0.2, 0.25) is 5.91 Å². The van der Waals surface area contributed by atoms with E-state index in [0.29, 0.717) is 42.4 Å². The number of hydrogen-bond donors (Lipinski definition) is 1. The molecule has 3 aromatic rings. The first-order valence-corrected chi connectivity index (χ1v) is 11.1. The fourth-order valence-corrected chi connectivity index (χ4v) is 4.87. The number of anilines is 1. The van der Waals surface area contributed by atoms with Crippen LogP contribution in [0, 0.1) is 5.82 Å². The van der Waals surface area contributed by atoms with Crippen molar-refractivity contribution in [3.63, 3.8) is 0 Å². The third kappa shape index (κ3) is 3.92. The number of hydrogen-bond acceptors (Lipinski definition) is 4. The Balaban J connectivity index is 1.74. The zero-order chi connectivity index (χ0) is 21.1. The van der Waals surface area contributed by atoms with Crippen LogP contribution < -0.4 is 14.8 Å². The molecule has 6 heteroatoms. The van der Waals surface area contributed by atoms with Crippen molar-refractivity contribution in [2.24, 2.45) is 0 Å². The summed E-state index contributed by atoms with van der Waals surface area (Å²) in [6.07, 6.45) is 1.25. The molecule has 2 aromatic carbocycles. The normalized spacial score (nSPS) is 15.4. The first-order valence-electron chi connectivity index (χ1n) is 10.2. The molecule has 30 heavy (non-hydrogen) atoms. The van der Waals surface area contributed by atoms with E-state index in [1.165, 1.54) is 6.07 Å². The van der Waals surface area contributed by atoms with Crippen LogP contribution in [-0.4, -0.2) is 19.1 Å². The lowest BCUT2D eigenvalue weighted by Crippen LogP contribution is -2.22. The van der Waals surface area contributed by atoms with Crippen molar-refractivity contribution in [3.05, 3.63) is 64.1 Å². The van der Waals surface area contributed by atoms with Crippen LogP contribution in [-0.2, 0) is 4.79 Å². The molecule has 0 unspecified atom stereocenters. The number of carbonyl (C=O) groups is 1. The van der Waals surface area contributed by atoms with Gasteiger partial charge in [0.05, 0.1) is 18.9 Å². The number of benzene rings is 2. The average Bonchev–Trinajstić information content (AvgIpc) is 3.16. The van der Waals surface area contributed by atoms with E-state index in [1.807, 2.05) is 30.5 Å². The highest BCUT2D eigenvalue weighted by Crippen LogP contribution is 2.48. The molecule has 0 radical (unpaired) electrons. The summed E-state index contributed by atoms with van der Waals surface area (Å²) in [6, 6.07) is 12.5. The lowest BCUT2D eigenvalue weighted by atomic mass is 9.89. The monoisotopic (exact) mass is 425 g/mol. The van der Waals surface area contributed by atoms with E-state index in [-0.39, 0.29) is 17.6 Å². The van der Waals surface area contributed by atoms with Crippen molar-refractivity contribution in [2.75, 3.05) is 18.5 Å². The standard InChI is InChI=1S/C24H24FNO3S/c1-3-11-29-20-10-9-15(12-21(20)28-4-2)17-13-22(27)26-23-18(14-30-24(17)23)16-7-5-6-8-19(16)25/h5-10,12,14,17H,3-4,11,13H2,1-2H3,(H,26,27)/t17-/m1/s1. The average molecular weight is 426 g/mol. The molecule has 4 nitrogen and oxygen atoms in total. The van der Waals surface area contributed by atoms with Gasteiger partial charge in [0.25, 0.3) is 0 Å². The second-order valence-corrected chi connectivity index (χ2v) is 8.07. The number of nitrogens with one attached hydrogen (secondary N) is 1. The van der Waals surface area contributed by atoms with Crippen LogP contribution in [0.15, 0.2) is 47.8 Å². The van der Waals surface area contributed by atoms with Crippen LogP contribution in [0.5, 0.6) is 11.5 Å². The molecular weight excluding hydrogens is 401 g/mol. The summed E-state index contributed by atoms with van der Waals surface area (Å²) in [4.78, 5) is 13.6. The zero-order valence-corrected chi connectivity index (χ0v) is 17.9. The Morgan fingerprint density at radius 2 is 1.93 bits per heavy atom. The molecule has 1 aliphatic rings. The number of rotatable bonds is 7. The molecule has 0 spiro atoms. The van der Waals surface area contributed by atoms with Crippen LogP contribution in [0.25, 0.3) is 11.1 Å². The molecule has 1 aromatic heterocycles. The molecule has 1 amide bonds. The topological polar surface area (TPSA) is 47.6 Å². The molecule has 156 valence electrons. The first kappa shape index (κ1) is 20.4. The van der Waals surface area contributed by atoms with Crippen LogP contribution in [0.1, 0.15) is 43.0 Å². The number of fused-ring (bicyclic) bond motifs is 1. The maximum absolute atomic E-state index is 14.4. The summed E-state index contributed by atoms with van der Waals surface area (Å²) in [5, 5.41) is 4.88. The minimum absolute atomic E-state index is 0.0761. The number of carbonyl (C=O) groups excluding carboxylic acids is 1. The van der Waals surface area contributed by atoms with E-state index in [2.05, 4.69) is 12.2 Å². The van der Waals surface area contributed by atoms with Crippen molar-refractivity contribution >= 4 is 22.9 Å². The molecule has 1 aliphatic heterocycles. The van der Waals surface area contributed by atoms with Crippen LogP contribution in [0.3, 0.4) is 0 Å². The Morgan fingerprint density at radius 1 is 1.10 bits per heavy atom. The zero-order valence-electron chi connectivity index (χ0n) is 17.0. The van der Waals surface area contributed by atoms with Gasteiger partial charge < -0.3 is 14.8 Å². The number of ether oxygens (including phenoxy) is 2. The van der Waals surface area contributed by atoms with Gasteiger partial charge in [-0.15, -0.1) is 11.3 Å². The summed E-state index contributed by atoms with van der Waals surface area (Å²) in [5.74, 6) is 0.903. The highest BCUT2D eigenvalue weighted by Gasteiger charge is 2.31. The van der Waals surface area contributed by atoms with Gasteiger partial charge in [-0.3, -0.25) is 4.79 Å². The molecule has 0 aliphatic carbocycles. The fraction of sp³-hybridized carbons (Fsp3) is 0.292. The molecule has 0 fully saturated rings. The summed E-state index contributed by atoms with van der Waals surface area (Å²) in [7, 11) is 0. The molecule has 2 heterocycles. The smallest absolute Gasteiger partial charge is 0.225 e. The molecule has 4 rings (SSSR count). The molecule has 1 atom stereocenters. The summed E-state index contributed by atoms with van der Waals surface area (Å²) in [5.41, 5.74) is 2.91. The maximum Gasteiger partial charge on any atom is 0.225 e. The fourth-order valence-electron chi connectivity index (χ4n) is 3.71. The van der Waals surface area contributed by atoms with Gasteiger partial charge in [-0.25, -0.2) is 4.39 Å². The van der Waals surface area contributed by atoms with E-state index in [1.54, 1.807) is 29.5 Å². The maximum atomic E-state index is 14.4. The Kier molecular flexibility index (Phi) is 6.04. The first-order chi connectivity index (χ1) is 14.6. The summed E-state index contributed by atoms with van der Waals surface area (Å²) in [6.45, 7) is 5.13. The minimum Gasteiger partial charge on any atom is -0.490 e. The third-order valence-electron chi connectivity index (χ3n) is 5.09. The number of amides is 1. The molecule has 1 N–H and O–H groups in total. The van der Waals surface area contributed by atoms with Gasteiger partial charge in [-0.2, -0.15) is 0 Å². The Bertz CT molecular complexity index is 1060. The largest absolute Gasteiger partial charge is 0.490 e. The predicted octanol–water partition coefficient (Wildman–Crippen LogP) is 6.22. The van der Waals surface area contributed by atoms with Gasteiger partial charge >= 0.3 is 0 Å². The van der Waals surface area contributed by atoms with Gasteiger partial charge in [-0.1, -0.05) is 31.2 Å². The SMILES string of the molecule is CCCOc1ccc([C@H]2CC(=O)Nc3c(-c4ccccc4F)csc32)cc1OCC. The summed E-state index contributed by atoms with van der Waals surface area (Å²) < 4.78 is 26.0. The number of thiophene rings is 1. The number of halogens is 1. The lowest BCUT2D eigenvalue weighted by Gasteiger charge is -2.25. The molecular formula is C24H24FNO3S. The van der Waals surface area contributed by atoms with E-state index in [4.69, 9.17) is 9.47 Å². The summed E-state index contributed by atoms with van der Waals surface area (Å²) >= 11 is 1.54. The van der Waals surface area contributed by atoms with Gasteiger partial charge in [-0.05, 0) is 37.1 Å². The second kappa shape index (κ2) is 8.88. The van der Waals surface area contributed by atoms with E-state index >= 15 is 0 Å². The Hall–Kier alpha value is -2.86. The predicted molar refractivity (Wildman–Crippen MR) is 118 cm³/mol. The Morgan fingerprint density at radius 3 is 2.70 bits per heavy atom. The highest BCUT2D eigenvalue weighted by atomic mass is 32.1. The van der Waals surface area contributed by atoms with Gasteiger partial charge in [0, 0.05) is 33.7 Å². The van der Waals surface area contributed by atoms with Crippen molar-refractivity contribution in [1.82, 2.24) is 0 Å². The lowest BCUT2D eigenvalue weighted by molar-refractivity contribution is -0.116. The molecule has 0 bridgehead atoms. The van der Waals surface area contributed by atoms with Crippen LogP contribution in [0.2, 0.25) is 0 Å². The van der Waals surface area contributed by atoms with Crippen LogP contribution in [0.4, 0.5) is 10.1 Å². The molecule has 0 saturated heterocycles. The van der Waals surface area contributed by atoms with Gasteiger partial charge in [0.15, 0.2) is 11.5 Å². The van der Waals surface area contributed by atoms with Gasteiger partial charge in [0.1, 0.15) is 5.82 Å². The second-order valence-electron chi connectivity index (χ2n) is 7.16. The van der Waals surface area contributed by atoms with E-state index in [0.717, 1.165) is 22.4 Å².